The van der Waals surface area contributed by atoms with Gasteiger partial charge >= 0.3 is 12.0 Å². The van der Waals surface area contributed by atoms with Crippen LogP contribution in [0.15, 0.2) is 70.7 Å². The average molecular weight is 600 g/mol. The summed E-state index contributed by atoms with van der Waals surface area (Å²) in [5.74, 6) is -2.12. The number of rotatable bonds is 8. The molecule has 9 nitrogen and oxygen atoms in total. The first-order valence-electron chi connectivity index (χ1n) is 11.3. The number of carbonyl (C=O) groups is 4. The van der Waals surface area contributed by atoms with Crippen LogP contribution in [0.25, 0.3) is 6.08 Å². The van der Waals surface area contributed by atoms with Crippen molar-refractivity contribution in [1.29, 1.82) is 0 Å². The maximum absolute atomic E-state index is 13.2. The topological polar surface area (TPSA) is 122 Å². The van der Waals surface area contributed by atoms with Gasteiger partial charge in [-0.15, -0.1) is 0 Å². The highest BCUT2D eigenvalue weighted by Crippen LogP contribution is 2.38. The molecular weight excluding hydrogens is 580 g/mol. The Hall–Kier alpha value is -4.15. The van der Waals surface area contributed by atoms with Crippen LogP contribution in [0.5, 0.6) is 11.5 Å². The first-order valence-corrected chi connectivity index (χ1v) is 12.4. The molecule has 2 N–H and O–H groups in total. The lowest BCUT2D eigenvalue weighted by Crippen LogP contribution is -2.54. The van der Waals surface area contributed by atoms with Gasteiger partial charge in [-0.2, -0.15) is 0 Å². The van der Waals surface area contributed by atoms with E-state index in [2.05, 4.69) is 21.2 Å². The highest BCUT2D eigenvalue weighted by molar-refractivity contribution is 9.10. The van der Waals surface area contributed by atoms with Gasteiger partial charge in [0.1, 0.15) is 12.2 Å². The summed E-state index contributed by atoms with van der Waals surface area (Å²) < 4.78 is 12.2. The fraction of sp³-hybridized carbons (Fsp3) is 0.111. The molecule has 3 aromatic carbocycles. The van der Waals surface area contributed by atoms with Crippen molar-refractivity contribution in [2.24, 2.45) is 0 Å². The molecule has 1 saturated heterocycles. The molecule has 1 heterocycles. The van der Waals surface area contributed by atoms with E-state index < -0.39 is 23.8 Å². The first-order chi connectivity index (χ1) is 18.2. The zero-order chi connectivity index (χ0) is 27.4. The number of nitrogens with zero attached hydrogens (tertiary/aromatic N) is 1. The van der Waals surface area contributed by atoms with Gasteiger partial charge in [-0.3, -0.25) is 14.9 Å². The zero-order valence-corrected chi connectivity index (χ0v) is 22.2. The predicted octanol–water partition coefficient (Wildman–Crippen LogP) is 5.44. The van der Waals surface area contributed by atoms with Crippen LogP contribution in [0.4, 0.5) is 10.5 Å². The number of hydrogen-bond acceptors (Lipinski definition) is 6. The Morgan fingerprint density at radius 3 is 2.45 bits per heavy atom. The van der Waals surface area contributed by atoms with E-state index >= 15 is 0 Å². The molecule has 0 unspecified atom stereocenters. The third-order valence-corrected chi connectivity index (χ3v) is 6.40. The molecule has 0 radical (unpaired) electrons. The Kier molecular flexibility index (Phi) is 8.13. The van der Waals surface area contributed by atoms with Crippen molar-refractivity contribution in [1.82, 2.24) is 5.32 Å². The Morgan fingerprint density at radius 1 is 1.08 bits per heavy atom. The Balaban J connectivity index is 1.66. The van der Waals surface area contributed by atoms with E-state index in [1.807, 2.05) is 18.2 Å². The Labute approximate surface area is 230 Å². The second-order valence-corrected chi connectivity index (χ2v) is 9.21. The minimum Gasteiger partial charge on any atom is -0.490 e. The van der Waals surface area contributed by atoms with E-state index in [9.17, 15) is 19.2 Å². The third-order valence-electron chi connectivity index (χ3n) is 5.45. The molecule has 0 aromatic heterocycles. The van der Waals surface area contributed by atoms with Crippen molar-refractivity contribution in [2.45, 2.75) is 13.5 Å². The maximum Gasteiger partial charge on any atom is 0.335 e. The summed E-state index contributed by atoms with van der Waals surface area (Å²) >= 11 is 9.69. The molecule has 0 spiro atoms. The second-order valence-electron chi connectivity index (χ2n) is 7.95. The summed E-state index contributed by atoms with van der Waals surface area (Å²) in [6, 6.07) is 14.7. The van der Waals surface area contributed by atoms with E-state index in [1.165, 1.54) is 30.3 Å². The van der Waals surface area contributed by atoms with Crippen LogP contribution in [0.1, 0.15) is 28.4 Å². The van der Waals surface area contributed by atoms with Crippen LogP contribution < -0.4 is 19.7 Å². The number of halogens is 2. The smallest absolute Gasteiger partial charge is 0.335 e. The van der Waals surface area contributed by atoms with Crippen LogP contribution in [0.2, 0.25) is 5.02 Å². The maximum atomic E-state index is 13.2. The van der Waals surface area contributed by atoms with E-state index in [4.69, 9.17) is 26.2 Å². The number of carbonyl (C=O) groups excluding carboxylic acids is 3. The number of hydrogen-bond donors (Lipinski definition) is 2. The largest absolute Gasteiger partial charge is 0.490 e. The van der Waals surface area contributed by atoms with Gasteiger partial charge in [0.2, 0.25) is 0 Å². The van der Waals surface area contributed by atoms with Gasteiger partial charge in [0, 0.05) is 10.6 Å². The molecule has 1 aliphatic rings. The Morgan fingerprint density at radius 2 is 1.79 bits per heavy atom. The lowest BCUT2D eigenvalue weighted by molar-refractivity contribution is -0.122. The average Bonchev–Trinajstić information content (AvgIpc) is 2.87. The summed E-state index contributed by atoms with van der Waals surface area (Å²) in [6.45, 7) is 2.30. The number of nitrogens with one attached hydrogen (secondary N) is 1. The van der Waals surface area contributed by atoms with Crippen molar-refractivity contribution in [3.8, 4) is 11.5 Å². The molecule has 3 aromatic rings. The van der Waals surface area contributed by atoms with Gasteiger partial charge in [-0.1, -0.05) is 29.8 Å². The summed E-state index contributed by atoms with van der Waals surface area (Å²) in [4.78, 5) is 50.1. The van der Waals surface area contributed by atoms with Crippen LogP contribution in [0.3, 0.4) is 0 Å². The van der Waals surface area contributed by atoms with Gasteiger partial charge in [0.25, 0.3) is 11.8 Å². The summed E-state index contributed by atoms with van der Waals surface area (Å²) in [7, 11) is 0. The molecule has 0 aliphatic carbocycles. The molecule has 1 aliphatic heterocycles. The minimum atomic E-state index is -1.16. The SMILES string of the molecule is CCOc1cc(/C=C2\C(=O)NC(=O)N(c3ccc(C(=O)O)cc3)C2=O)cc(Br)c1OCc1ccccc1Cl. The number of imide groups is 2. The van der Waals surface area contributed by atoms with Gasteiger partial charge in [-0.05, 0) is 77.0 Å². The number of aromatic carboxylic acids is 1. The standard InChI is InChI=1S/C27H20BrClN2O7/c1-2-37-22-13-15(12-20(28)23(22)38-14-17-5-3-4-6-21(17)29)11-19-24(32)30-27(36)31(25(19)33)18-9-7-16(8-10-18)26(34)35/h3-13H,2,14H2,1H3,(H,34,35)(H,30,32,36)/b19-11+. The molecular formula is C27H20BrClN2O7. The number of ether oxygens (including phenoxy) is 2. The molecule has 4 amide bonds. The quantitative estimate of drug-likeness (QED) is 0.261. The van der Waals surface area contributed by atoms with Gasteiger partial charge in [0.05, 0.1) is 22.3 Å². The van der Waals surface area contributed by atoms with Gasteiger partial charge < -0.3 is 14.6 Å². The van der Waals surface area contributed by atoms with Crippen LogP contribution in [-0.2, 0) is 16.2 Å². The molecule has 0 atom stereocenters. The van der Waals surface area contributed by atoms with Crippen molar-refractivity contribution >= 4 is 63.1 Å². The van der Waals surface area contributed by atoms with Crippen molar-refractivity contribution in [3.05, 3.63) is 92.4 Å². The predicted molar refractivity (Wildman–Crippen MR) is 143 cm³/mol. The molecule has 0 saturated carbocycles. The van der Waals surface area contributed by atoms with Gasteiger partial charge in [-0.25, -0.2) is 14.5 Å². The van der Waals surface area contributed by atoms with E-state index in [-0.39, 0.29) is 23.4 Å². The number of urea groups is 1. The fourth-order valence-corrected chi connectivity index (χ4v) is 4.42. The number of benzene rings is 3. The monoisotopic (exact) mass is 598 g/mol. The third kappa shape index (κ3) is 5.71. The molecule has 11 heteroatoms. The highest BCUT2D eigenvalue weighted by Gasteiger charge is 2.37. The summed E-state index contributed by atoms with van der Waals surface area (Å²) in [5, 5.41) is 11.8. The molecule has 194 valence electrons. The zero-order valence-electron chi connectivity index (χ0n) is 19.9. The van der Waals surface area contributed by atoms with E-state index in [0.717, 1.165) is 10.5 Å². The first kappa shape index (κ1) is 26.9. The van der Waals surface area contributed by atoms with Crippen molar-refractivity contribution in [3.63, 3.8) is 0 Å². The van der Waals surface area contributed by atoms with Crippen LogP contribution >= 0.6 is 27.5 Å². The molecule has 0 bridgehead atoms. The minimum absolute atomic E-state index is 0.0180. The molecule has 4 rings (SSSR count). The number of anilines is 1. The fourth-order valence-electron chi connectivity index (χ4n) is 3.65. The summed E-state index contributed by atoms with van der Waals surface area (Å²) in [5.41, 5.74) is 0.997. The van der Waals surface area contributed by atoms with E-state index in [0.29, 0.717) is 33.2 Å². The van der Waals surface area contributed by atoms with Gasteiger partial charge in [0.15, 0.2) is 11.5 Å². The van der Waals surface area contributed by atoms with E-state index in [1.54, 1.807) is 25.1 Å². The number of amides is 4. The van der Waals surface area contributed by atoms with Crippen LogP contribution in [-0.4, -0.2) is 35.5 Å². The number of carboxylic acid groups (broad SMARTS) is 1. The number of carboxylic acids is 1. The molecule has 38 heavy (non-hydrogen) atoms. The molecule has 1 fully saturated rings. The summed E-state index contributed by atoms with van der Waals surface area (Å²) in [6.07, 6.45) is 1.33. The lowest BCUT2D eigenvalue weighted by Gasteiger charge is -2.26. The van der Waals surface area contributed by atoms with Crippen molar-refractivity contribution < 1.29 is 33.8 Å². The highest BCUT2D eigenvalue weighted by atomic mass is 79.9. The second kappa shape index (κ2) is 11.5. The lowest BCUT2D eigenvalue weighted by atomic mass is 10.1. The number of barbiturate groups is 1. The normalized spacial score (nSPS) is 14.4. The van der Waals surface area contributed by atoms with Crippen LogP contribution in [0, 0.1) is 0 Å². The Bertz CT molecular complexity index is 1470. The van der Waals surface area contributed by atoms with Crippen molar-refractivity contribution in [2.75, 3.05) is 11.5 Å².